The lowest BCUT2D eigenvalue weighted by molar-refractivity contribution is 0.0981. The molecule has 30 heavy (non-hydrogen) atoms. The van der Waals surface area contributed by atoms with E-state index in [4.69, 9.17) is 0 Å². The Bertz CT molecular complexity index is 1210. The molecule has 0 saturated heterocycles. The van der Waals surface area contributed by atoms with Crippen LogP contribution in [0, 0.1) is 5.82 Å². The smallest absolute Gasteiger partial charge is 0.264 e. The molecular formula is C23H21FN2O3S. The van der Waals surface area contributed by atoms with Crippen molar-refractivity contribution in [3.05, 3.63) is 89.7 Å². The first-order chi connectivity index (χ1) is 14.3. The zero-order valence-corrected chi connectivity index (χ0v) is 17.4. The molecule has 0 saturated carbocycles. The molecule has 1 aliphatic heterocycles. The molecule has 0 aromatic heterocycles. The molecule has 154 valence electrons. The van der Waals surface area contributed by atoms with Crippen LogP contribution in [0.2, 0.25) is 0 Å². The van der Waals surface area contributed by atoms with Crippen molar-refractivity contribution in [3.63, 3.8) is 0 Å². The summed E-state index contributed by atoms with van der Waals surface area (Å²) in [6, 6.07) is 18.9. The first kappa shape index (κ1) is 20.1. The van der Waals surface area contributed by atoms with E-state index in [1.165, 1.54) is 43.4 Å². The van der Waals surface area contributed by atoms with Gasteiger partial charge in [-0.1, -0.05) is 24.3 Å². The van der Waals surface area contributed by atoms with Crippen LogP contribution >= 0.6 is 0 Å². The summed E-state index contributed by atoms with van der Waals surface area (Å²) >= 11 is 0. The van der Waals surface area contributed by atoms with Crippen LogP contribution in [0.25, 0.3) is 0 Å². The third-order valence-electron chi connectivity index (χ3n) is 5.36. The van der Waals surface area contributed by atoms with Gasteiger partial charge < -0.3 is 4.90 Å². The number of amides is 1. The highest BCUT2D eigenvalue weighted by atomic mass is 32.2. The Morgan fingerprint density at radius 2 is 1.73 bits per heavy atom. The van der Waals surface area contributed by atoms with E-state index in [-0.39, 0.29) is 16.8 Å². The summed E-state index contributed by atoms with van der Waals surface area (Å²) in [6.07, 6.45) is 0.757. The van der Waals surface area contributed by atoms with Crippen LogP contribution in [0.15, 0.2) is 77.7 Å². The minimum atomic E-state index is -3.92. The maximum Gasteiger partial charge on any atom is 0.264 e. The molecule has 3 aromatic rings. The molecule has 5 nitrogen and oxygen atoms in total. The maximum atomic E-state index is 13.3. The first-order valence-corrected chi connectivity index (χ1v) is 11.0. The summed E-state index contributed by atoms with van der Waals surface area (Å²) in [6.45, 7) is 1.97. The summed E-state index contributed by atoms with van der Waals surface area (Å²) < 4.78 is 40.4. The molecule has 0 spiro atoms. The van der Waals surface area contributed by atoms with E-state index in [1.54, 1.807) is 17.0 Å². The van der Waals surface area contributed by atoms with E-state index in [9.17, 15) is 17.6 Å². The Morgan fingerprint density at radius 1 is 1.03 bits per heavy atom. The molecular weight excluding hydrogens is 403 g/mol. The van der Waals surface area contributed by atoms with Crippen molar-refractivity contribution >= 4 is 27.3 Å². The summed E-state index contributed by atoms with van der Waals surface area (Å²) in [4.78, 5) is 15.0. The SMILES string of the molecule is C[C@@H]1Cc2ccccc2N1C(=O)c1cccc(S(=O)(=O)N(C)c2ccc(F)cc2)c1. The van der Waals surface area contributed by atoms with Crippen molar-refractivity contribution in [1.82, 2.24) is 0 Å². The van der Waals surface area contributed by atoms with Crippen LogP contribution in [-0.4, -0.2) is 27.4 Å². The van der Waals surface area contributed by atoms with Crippen LogP contribution in [0.4, 0.5) is 15.8 Å². The average molecular weight is 424 g/mol. The van der Waals surface area contributed by atoms with Gasteiger partial charge in [0.05, 0.1) is 10.6 Å². The van der Waals surface area contributed by atoms with Crippen molar-refractivity contribution < 1.29 is 17.6 Å². The Kier molecular flexibility index (Phi) is 5.07. The van der Waals surface area contributed by atoms with Crippen LogP contribution in [0.1, 0.15) is 22.8 Å². The largest absolute Gasteiger partial charge is 0.305 e. The van der Waals surface area contributed by atoms with E-state index in [0.29, 0.717) is 11.3 Å². The standard InChI is InChI=1S/C23H21FN2O3S/c1-16-14-17-6-3-4-9-22(17)26(16)23(27)18-7-5-8-21(15-18)30(28,29)25(2)20-12-10-19(24)11-13-20/h3-13,15-16H,14H2,1-2H3/t16-/m1/s1. The number of hydrogen-bond acceptors (Lipinski definition) is 3. The van der Waals surface area contributed by atoms with Gasteiger partial charge in [0.2, 0.25) is 0 Å². The molecule has 1 atom stereocenters. The summed E-state index contributed by atoms with van der Waals surface area (Å²) in [5, 5.41) is 0. The average Bonchev–Trinajstić information content (AvgIpc) is 3.09. The molecule has 3 aromatic carbocycles. The molecule has 0 fully saturated rings. The quantitative estimate of drug-likeness (QED) is 0.629. The minimum absolute atomic E-state index is 0.000287. The Labute approximate surface area is 175 Å². The molecule has 0 N–H and O–H groups in total. The third kappa shape index (κ3) is 3.45. The van der Waals surface area contributed by atoms with E-state index in [1.807, 2.05) is 31.2 Å². The second-order valence-electron chi connectivity index (χ2n) is 7.33. The molecule has 4 rings (SSSR count). The van der Waals surface area contributed by atoms with Gasteiger partial charge >= 0.3 is 0 Å². The van der Waals surface area contributed by atoms with Gasteiger partial charge in [-0.2, -0.15) is 0 Å². The monoisotopic (exact) mass is 424 g/mol. The molecule has 1 heterocycles. The van der Waals surface area contributed by atoms with Gasteiger partial charge in [0.25, 0.3) is 15.9 Å². The Hall–Kier alpha value is -3.19. The number of carbonyl (C=O) groups excluding carboxylic acids is 1. The number of anilines is 2. The minimum Gasteiger partial charge on any atom is -0.305 e. The van der Waals surface area contributed by atoms with Crippen LogP contribution in [0.5, 0.6) is 0 Å². The van der Waals surface area contributed by atoms with Gasteiger partial charge in [0.1, 0.15) is 5.82 Å². The predicted molar refractivity (Wildman–Crippen MR) is 115 cm³/mol. The van der Waals surface area contributed by atoms with Gasteiger partial charge in [-0.25, -0.2) is 12.8 Å². The zero-order chi connectivity index (χ0) is 21.5. The lowest BCUT2D eigenvalue weighted by Crippen LogP contribution is -2.36. The van der Waals surface area contributed by atoms with Crippen molar-refractivity contribution in [2.24, 2.45) is 0 Å². The van der Waals surface area contributed by atoms with Gasteiger partial charge in [-0.05, 0) is 67.4 Å². The summed E-state index contributed by atoms with van der Waals surface area (Å²) in [7, 11) is -2.52. The molecule has 0 unspecified atom stereocenters. The van der Waals surface area contributed by atoms with E-state index in [0.717, 1.165) is 22.0 Å². The van der Waals surface area contributed by atoms with Crippen LogP contribution in [-0.2, 0) is 16.4 Å². The van der Waals surface area contributed by atoms with E-state index in [2.05, 4.69) is 0 Å². The number of carbonyl (C=O) groups is 1. The molecule has 0 bridgehead atoms. The molecule has 0 radical (unpaired) electrons. The Morgan fingerprint density at radius 3 is 2.47 bits per heavy atom. The van der Waals surface area contributed by atoms with Crippen molar-refractivity contribution in [1.29, 1.82) is 0 Å². The fourth-order valence-corrected chi connectivity index (χ4v) is 4.99. The number of hydrogen-bond donors (Lipinski definition) is 0. The number of halogens is 1. The number of nitrogens with zero attached hydrogens (tertiary/aromatic N) is 2. The molecule has 1 aliphatic rings. The molecule has 1 amide bonds. The zero-order valence-electron chi connectivity index (χ0n) is 16.6. The highest BCUT2D eigenvalue weighted by molar-refractivity contribution is 7.92. The second kappa shape index (κ2) is 7.57. The molecule has 7 heteroatoms. The summed E-state index contributed by atoms with van der Waals surface area (Å²) in [5.74, 6) is -0.689. The van der Waals surface area contributed by atoms with Crippen molar-refractivity contribution in [2.75, 3.05) is 16.3 Å². The van der Waals surface area contributed by atoms with Gasteiger partial charge in [-0.3, -0.25) is 9.10 Å². The fourth-order valence-electron chi connectivity index (χ4n) is 3.75. The van der Waals surface area contributed by atoms with Crippen molar-refractivity contribution in [3.8, 4) is 0 Å². The lowest BCUT2D eigenvalue weighted by Gasteiger charge is -2.24. The second-order valence-corrected chi connectivity index (χ2v) is 9.30. The number of para-hydroxylation sites is 1. The van der Waals surface area contributed by atoms with E-state index < -0.39 is 15.8 Å². The number of fused-ring (bicyclic) bond motifs is 1. The van der Waals surface area contributed by atoms with E-state index >= 15 is 0 Å². The molecule has 0 aliphatic carbocycles. The summed E-state index contributed by atoms with van der Waals surface area (Å²) in [5.41, 5.74) is 2.58. The van der Waals surface area contributed by atoms with Crippen molar-refractivity contribution in [2.45, 2.75) is 24.3 Å². The van der Waals surface area contributed by atoms with Gasteiger partial charge in [0.15, 0.2) is 0 Å². The highest BCUT2D eigenvalue weighted by Crippen LogP contribution is 2.33. The maximum absolute atomic E-state index is 13.3. The highest BCUT2D eigenvalue weighted by Gasteiger charge is 2.32. The fraction of sp³-hybridized carbons (Fsp3) is 0.174. The topological polar surface area (TPSA) is 57.7 Å². The number of rotatable bonds is 4. The predicted octanol–water partition coefficient (Wildman–Crippen LogP) is 4.24. The first-order valence-electron chi connectivity index (χ1n) is 9.55. The number of benzene rings is 3. The third-order valence-corrected chi connectivity index (χ3v) is 7.14. The van der Waals surface area contributed by atoms with Crippen LogP contribution < -0.4 is 9.21 Å². The van der Waals surface area contributed by atoms with Crippen LogP contribution in [0.3, 0.4) is 0 Å². The Balaban J connectivity index is 1.67. The lowest BCUT2D eigenvalue weighted by atomic mass is 10.1. The number of sulfonamides is 1. The van der Waals surface area contributed by atoms with Gasteiger partial charge in [-0.15, -0.1) is 0 Å². The normalized spacial score (nSPS) is 15.7. The van der Waals surface area contributed by atoms with Gasteiger partial charge in [0, 0.05) is 24.3 Å².